The van der Waals surface area contributed by atoms with Gasteiger partial charge >= 0.3 is 0 Å². The molecule has 0 bridgehead atoms. The van der Waals surface area contributed by atoms with E-state index < -0.39 is 27.7 Å². The van der Waals surface area contributed by atoms with Gasteiger partial charge in [-0.05, 0) is 54.6 Å². The molecule has 2 N–H and O–H groups in total. The minimum Gasteiger partial charge on any atom is -0.345 e. The topological polar surface area (TPSA) is 126 Å². The molecule has 14 heteroatoms. The van der Waals surface area contributed by atoms with Crippen LogP contribution in [-0.2, 0) is 21.4 Å². The smallest absolute Gasteiger partial charge is 0.251 e. The van der Waals surface area contributed by atoms with Crippen LogP contribution < -0.4 is 10.6 Å². The maximum Gasteiger partial charge on any atom is 0.251 e. The van der Waals surface area contributed by atoms with Crippen LogP contribution in [0.1, 0.15) is 30.0 Å². The lowest BCUT2D eigenvalue weighted by Gasteiger charge is -2.18. The van der Waals surface area contributed by atoms with Crippen LogP contribution in [-0.4, -0.2) is 58.1 Å². The number of aromatic nitrogens is 3. The number of benzene rings is 3. The van der Waals surface area contributed by atoms with Gasteiger partial charge in [0, 0.05) is 23.7 Å². The van der Waals surface area contributed by atoms with Gasteiger partial charge in [-0.3, -0.25) is 14.2 Å². The van der Waals surface area contributed by atoms with E-state index in [0.29, 0.717) is 34.8 Å². The molecule has 3 aromatic carbocycles. The fourth-order valence-corrected chi connectivity index (χ4v) is 6.43. The number of hydrogen-bond donors (Lipinski definition) is 2. The summed E-state index contributed by atoms with van der Waals surface area (Å²) in [5.41, 5.74) is 0.947. The lowest BCUT2D eigenvalue weighted by Crippen LogP contribution is -2.30. The van der Waals surface area contributed by atoms with Gasteiger partial charge in [-0.15, -0.1) is 10.2 Å². The van der Waals surface area contributed by atoms with Crippen LogP contribution in [0.2, 0.25) is 5.02 Å². The van der Waals surface area contributed by atoms with E-state index in [2.05, 4.69) is 20.8 Å². The second kappa shape index (κ2) is 13.9. The van der Waals surface area contributed by atoms with Crippen molar-refractivity contribution in [2.75, 3.05) is 24.2 Å². The summed E-state index contributed by atoms with van der Waals surface area (Å²) in [4.78, 5) is 25.5. The predicted octanol–water partition coefficient (Wildman–Crippen LogP) is 4.75. The molecule has 0 radical (unpaired) electrons. The Kier molecular flexibility index (Phi) is 10.3. The van der Waals surface area contributed by atoms with E-state index in [9.17, 15) is 22.4 Å². The standard InChI is InChI=1S/C28H28ClFN6O4S2/c1-3-35(4-2)42(39,40)22-14-12-19(13-15-22)27(38)31-17-25-33-34-28(36(25)21-9-7-8-20(29)16-21)41-18-26(37)32-24-11-6-5-10-23(24)30/h5-16H,3-4,17-18H2,1-2H3,(H,31,38)(H,32,37). The number of hydrogen-bond acceptors (Lipinski definition) is 7. The molecule has 0 spiro atoms. The molecule has 0 unspecified atom stereocenters. The molecule has 4 aromatic rings. The number of thioether (sulfide) groups is 1. The third kappa shape index (κ3) is 7.34. The molecule has 2 amide bonds. The highest BCUT2D eigenvalue weighted by molar-refractivity contribution is 7.99. The summed E-state index contributed by atoms with van der Waals surface area (Å²) in [6.45, 7) is 4.17. The lowest BCUT2D eigenvalue weighted by atomic mass is 10.2. The Hall–Kier alpha value is -3.78. The van der Waals surface area contributed by atoms with Crippen LogP contribution in [0.25, 0.3) is 5.69 Å². The maximum absolute atomic E-state index is 13.9. The van der Waals surface area contributed by atoms with E-state index in [1.54, 1.807) is 48.7 Å². The van der Waals surface area contributed by atoms with Crippen molar-refractivity contribution in [3.05, 3.63) is 95.0 Å². The van der Waals surface area contributed by atoms with Crippen molar-refractivity contribution in [3.8, 4) is 5.69 Å². The summed E-state index contributed by atoms with van der Waals surface area (Å²) >= 11 is 7.29. The normalized spacial score (nSPS) is 11.5. The Morgan fingerprint density at radius 1 is 1.00 bits per heavy atom. The van der Waals surface area contributed by atoms with Crippen molar-refractivity contribution in [2.24, 2.45) is 0 Å². The van der Waals surface area contributed by atoms with Crippen molar-refractivity contribution in [2.45, 2.75) is 30.4 Å². The first-order chi connectivity index (χ1) is 20.1. The third-order valence-corrected chi connectivity index (χ3v) is 9.34. The zero-order valence-electron chi connectivity index (χ0n) is 22.8. The Labute approximate surface area is 252 Å². The molecule has 1 aromatic heterocycles. The quantitative estimate of drug-likeness (QED) is 0.216. The number of halogens is 2. The van der Waals surface area contributed by atoms with Gasteiger partial charge in [0.05, 0.1) is 28.6 Å². The molecule has 0 aliphatic rings. The number of carbonyl (C=O) groups excluding carboxylic acids is 2. The molecule has 0 saturated carbocycles. The van der Waals surface area contributed by atoms with E-state index in [4.69, 9.17) is 11.6 Å². The first-order valence-corrected chi connectivity index (χ1v) is 15.7. The minimum absolute atomic E-state index is 0.0279. The fourth-order valence-electron chi connectivity index (χ4n) is 4.01. The number of para-hydroxylation sites is 1. The summed E-state index contributed by atoms with van der Waals surface area (Å²) in [5, 5.41) is 14.5. The van der Waals surface area contributed by atoms with Gasteiger partial charge in [-0.1, -0.05) is 55.4 Å². The van der Waals surface area contributed by atoms with Crippen molar-refractivity contribution >= 4 is 50.9 Å². The molecule has 4 rings (SSSR count). The fraction of sp³-hybridized carbons (Fsp3) is 0.214. The Bertz CT molecular complexity index is 1680. The van der Waals surface area contributed by atoms with Crippen LogP contribution in [0.15, 0.2) is 82.8 Å². The summed E-state index contributed by atoms with van der Waals surface area (Å²) < 4.78 is 42.4. The van der Waals surface area contributed by atoms with Gasteiger partial charge in [-0.25, -0.2) is 12.8 Å². The van der Waals surface area contributed by atoms with Crippen LogP contribution >= 0.6 is 23.4 Å². The minimum atomic E-state index is -3.65. The number of nitrogens with zero attached hydrogens (tertiary/aromatic N) is 4. The van der Waals surface area contributed by atoms with Crippen molar-refractivity contribution in [1.82, 2.24) is 24.4 Å². The number of carbonyl (C=O) groups is 2. The second-order valence-electron chi connectivity index (χ2n) is 8.83. The molecule has 220 valence electrons. The average Bonchev–Trinajstić information content (AvgIpc) is 3.39. The number of amides is 2. The highest BCUT2D eigenvalue weighted by Gasteiger charge is 2.22. The van der Waals surface area contributed by atoms with E-state index in [1.165, 1.54) is 46.8 Å². The van der Waals surface area contributed by atoms with Crippen LogP contribution in [0.3, 0.4) is 0 Å². The molecule has 0 atom stereocenters. The second-order valence-corrected chi connectivity index (χ2v) is 12.1. The van der Waals surface area contributed by atoms with E-state index in [0.717, 1.165) is 11.8 Å². The van der Waals surface area contributed by atoms with Gasteiger partial charge in [-0.2, -0.15) is 4.31 Å². The molecule has 42 heavy (non-hydrogen) atoms. The lowest BCUT2D eigenvalue weighted by molar-refractivity contribution is -0.113. The van der Waals surface area contributed by atoms with Crippen molar-refractivity contribution < 1.29 is 22.4 Å². The average molecular weight is 631 g/mol. The summed E-state index contributed by atoms with van der Waals surface area (Å²) in [6, 6.07) is 18.5. The maximum atomic E-state index is 13.9. The number of sulfonamides is 1. The molecule has 0 saturated heterocycles. The first-order valence-electron chi connectivity index (χ1n) is 12.9. The summed E-state index contributed by atoms with van der Waals surface area (Å²) in [6.07, 6.45) is 0. The number of nitrogens with one attached hydrogen (secondary N) is 2. The van der Waals surface area contributed by atoms with E-state index >= 15 is 0 Å². The molecule has 0 aliphatic carbocycles. The van der Waals surface area contributed by atoms with Gasteiger partial charge in [0.1, 0.15) is 5.82 Å². The number of rotatable bonds is 12. The number of anilines is 1. The molecular weight excluding hydrogens is 603 g/mol. The Balaban J connectivity index is 1.49. The first kappa shape index (κ1) is 31.2. The highest BCUT2D eigenvalue weighted by atomic mass is 35.5. The predicted molar refractivity (Wildman–Crippen MR) is 160 cm³/mol. The van der Waals surface area contributed by atoms with Crippen molar-refractivity contribution in [3.63, 3.8) is 0 Å². The summed E-state index contributed by atoms with van der Waals surface area (Å²) in [5.74, 6) is -1.14. The van der Waals surface area contributed by atoms with Crippen LogP contribution in [0.5, 0.6) is 0 Å². The Morgan fingerprint density at radius 3 is 2.38 bits per heavy atom. The van der Waals surface area contributed by atoms with Crippen LogP contribution in [0, 0.1) is 5.82 Å². The zero-order chi connectivity index (χ0) is 30.3. The van der Waals surface area contributed by atoms with Gasteiger partial charge in [0.25, 0.3) is 5.91 Å². The molecule has 0 fully saturated rings. The van der Waals surface area contributed by atoms with Gasteiger partial charge in [0.15, 0.2) is 11.0 Å². The zero-order valence-corrected chi connectivity index (χ0v) is 25.1. The Morgan fingerprint density at radius 2 is 1.71 bits per heavy atom. The van der Waals surface area contributed by atoms with Crippen LogP contribution in [0.4, 0.5) is 10.1 Å². The third-order valence-electron chi connectivity index (χ3n) is 6.11. The molecule has 10 nitrogen and oxygen atoms in total. The SMILES string of the molecule is CCN(CC)S(=O)(=O)c1ccc(C(=O)NCc2nnc(SCC(=O)Nc3ccccc3F)n2-c2cccc(Cl)c2)cc1. The molecule has 0 aliphatic heterocycles. The molecule has 1 heterocycles. The van der Waals surface area contributed by atoms with E-state index in [1.807, 2.05) is 0 Å². The van der Waals surface area contributed by atoms with Gasteiger partial charge < -0.3 is 10.6 Å². The monoisotopic (exact) mass is 630 g/mol. The molecular formula is C28H28ClFN6O4S2. The summed E-state index contributed by atoms with van der Waals surface area (Å²) in [7, 11) is -3.65. The largest absolute Gasteiger partial charge is 0.345 e. The van der Waals surface area contributed by atoms with Crippen molar-refractivity contribution in [1.29, 1.82) is 0 Å². The highest BCUT2D eigenvalue weighted by Crippen LogP contribution is 2.25. The van der Waals surface area contributed by atoms with E-state index in [-0.39, 0.29) is 28.4 Å². The van der Waals surface area contributed by atoms with Gasteiger partial charge in [0.2, 0.25) is 15.9 Å².